The Morgan fingerprint density at radius 2 is 1.95 bits per heavy atom. The lowest BCUT2D eigenvalue weighted by atomic mass is 10.1. The number of rotatable bonds is 2. The van der Waals surface area contributed by atoms with Crippen LogP contribution in [0.15, 0.2) is 41.1 Å². The normalized spacial score (nSPS) is 10.8. The molecule has 0 unspecified atom stereocenters. The van der Waals surface area contributed by atoms with Crippen LogP contribution in [0.1, 0.15) is 11.1 Å². The highest BCUT2D eigenvalue weighted by Crippen LogP contribution is 2.25. The Morgan fingerprint density at radius 1 is 1.10 bits per heavy atom. The van der Waals surface area contributed by atoms with E-state index in [4.69, 9.17) is 16.1 Å². The topological polar surface area (TPSA) is 51.8 Å². The molecule has 3 rings (SSSR count). The van der Waals surface area contributed by atoms with E-state index in [1.807, 2.05) is 19.1 Å². The highest BCUT2D eigenvalue weighted by molar-refractivity contribution is 6.29. The average molecular weight is 286 g/mol. The summed E-state index contributed by atoms with van der Waals surface area (Å²) in [5.41, 5.74) is 4.04. The van der Waals surface area contributed by atoms with Gasteiger partial charge in [-0.3, -0.25) is 0 Å². The van der Waals surface area contributed by atoms with E-state index in [1.165, 1.54) is 5.56 Å². The van der Waals surface area contributed by atoms with E-state index in [0.717, 1.165) is 16.7 Å². The fourth-order valence-corrected chi connectivity index (χ4v) is 2.13. The summed E-state index contributed by atoms with van der Waals surface area (Å²) in [6.07, 6.45) is 1.61. The molecule has 0 atom stereocenters. The maximum Gasteiger partial charge on any atom is 0.259 e. The molecule has 2 aromatic heterocycles. The quantitative estimate of drug-likeness (QED) is 0.666. The molecule has 5 heteroatoms. The van der Waals surface area contributed by atoms with Gasteiger partial charge in [-0.05, 0) is 31.5 Å². The predicted molar refractivity (Wildman–Crippen MR) is 77.4 cm³/mol. The Hall–Kier alpha value is -2.20. The highest BCUT2D eigenvalue weighted by atomic mass is 35.5. The number of nitrogens with zero attached hydrogens (tertiary/aromatic N) is 3. The zero-order valence-corrected chi connectivity index (χ0v) is 11.8. The van der Waals surface area contributed by atoms with Crippen molar-refractivity contribution in [2.45, 2.75) is 13.8 Å². The second-order valence-electron chi connectivity index (χ2n) is 4.61. The molecule has 0 spiro atoms. The lowest BCUT2D eigenvalue weighted by Crippen LogP contribution is -1.87. The summed E-state index contributed by atoms with van der Waals surface area (Å²) in [6, 6.07) is 9.61. The fourth-order valence-electron chi connectivity index (χ4n) is 2.02. The largest absolute Gasteiger partial charge is 0.334 e. The van der Waals surface area contributed by atoms with Gasteiger partial charge in [0.15, 0.2) is 0 Å². The molecule has 3 aromatic rings. The third-order valence-electron chi connectivity index (χ3n) is 3.02. The summed E-state index contributed by atoms with van der Waals surface area (Å²) >= 11 is 5.76. The second-order valence-corrected chi connectivity index (χ2v) is 5.00. The predicted octanol–water partition coefficient (Wildman–Crippen LogP) is 4.07. The number of hydrogen-bond donors (Lipinski definition) is 0. The number of pyridine rings is 1. The van der Waals surface area contributed by atoms with Crippen LogP contribution in [0.25, 0.3) is 22.8 Å². The first-order valence-corrected chi connectivity index (χ1v) is 6.54. The van der Waals surface area contributed by atoms with Gasteiger partial charge in [-0.1, -0.05) is 40.5 Å². The third kappa shape index (κ3) is 2.42. The van der Waals surface area contributed by atoms with E-state index in [2.05, 4.69) is 28.1 Å². The average Bonchev–Trinajstić information content (AvgIpc) is 2.89. The molecule has 0 fully saturated rings. The van der Waals surface area contributed by atoms with Gasteiger partial charge in [-0.2, -0.15) is 4.98 Å². The van der Waals surface area contributed by atoms with Crippen molar-refractivity contribution in [1.82, 2.24) is 15.1 Å². The zero-order valence-electron chi connectivity index (χ0n) is 11.1. The van der Waals surface area contributed by atoms with Crippen LogP contribution in [-0.4, -0.2) is 15.1 Å². The monoisotopic (exact) mass is 285 g/mol. The van der Waals surface area contributed by atoms with Crippen LogP contribution in [0, 0.1) is 13.8 Å². The molecule has 0 aliphatic carbocycles. The number of aromatic nitrogens is 3. The smallest absolute Gasteiger partial charge is 0.259 e. The minimum Gasteiger partial charge on any atom is -0.334 e. The van der Waals surface area contributed by atoms with E-state index in [1.54, 1.807) is 18.3 Å². The van der Waals surface area contributed by atoms with Crippen LogP contribution < -0.4 is 0 Å². The first-order chi connectivity index (χ1) is 9.63. The molecule has 0 N–H and O–H groups in total. The number of halogens is 1. The van der Waals surface area contributed by atoms with Gasteiger partial charge in [0.2, 0.25) is 5.82 Å². The second kappa shape index (κ2) is 5.06. The summed E-state index contributed by atoms with van der Waals surface area (Å²) in [7, 11) is 0. The minimum absolute atomic E-state index is 0.433. The summed E-state index contributed by atoms with van der Waals surface area (Å²) < 4.78 is 5.29. The Kier molecular flexibility index (Phi) is 3.24. The van der Waals surface area contributed by atoms with Crippen molar-refractivity contribution in [2.24, 2.45) is 0 Å². The molecule has 1 aromatic carbocycles. The Labute approximate surface area is 121 Å². The molecular weight excluding hydrogens is 274 g/mol. The van der Waals surface area contributed by atoms with Crippen molar-refractivity contribution in [1.29, 1.82) is 0 Å². The first kappa shape index (κ1) is 12.8. The molecule has 0 saturated carbocycles. The van der Waals surface area contributed by atoms with Crippen LogP contribution in [0.3, 0.4) is 0 Å². The summed E-state index contributed by atoms with van der Waals surface area (Å²) in [6.45, 7) is 4.08. The Balaban J connectivity index is 1.99. The van der Waals surface area contributed by atoms with Gasteiger partial charge in [-0.25, -0.2) is 4.98 Å². The highest BCUT2D eigenvalue weighted by Gasteiger charge is 2.12. The number of benzene rings is 1. The van der Waals surface area contributed by atoms with Gasteiger partial charge in [0.25, 0.3) is 5.89 Å². The van der Waals surface area contributed by atoms with Gasteiger partial charge < -0.3 is 4.52 Å². The zero-order chi connectivity index (χ0) is 14.1. The molecule has 0 radical (unpaired) electrons. The van der Waals surface area contributed by atoms with E-state index >= 15 is 0 Å². The fraction of sp³-hybridized carbons (Fsp3) is 0.133. The molecule has 0 saturated heterocycles. The molecule has 100 valence electrons. The summed E-state index contributed by atoms with van der Waals surface area (Å²) in [5, 5.41) is 4.46. The van der Waals surface area contributed by atoms with Crippen molar-refractivity contribution in [3.63, 3.8) is 0 Å². The van der Waals surface area contributed by atoms with Crippen molar-refractivity contribution in [3.05, 3.63) is 52.8 Å². The van der Waals surface area contributed by atoms with Gasteiger partial charge in [-0.15, -0.1) is 0 Å². The van der Waals surface area contributed by atoms with Gasteiger partial charge >= 0.3 is 0 Å². The molecule has 0 bridgehead atoms. The lowest BCUT2D eigenvalue weighted by Gasteiger charge is -2.01. The maximum atomic E-state index is 5.76. The van der Waals surface area contributed by atoms with Gasteiger partial charge in [0.05, 0.1) is 5.56 Å². The Morgan fingerprint density at radius 3 is 2.65 bits per heavy atom. The van der Waals surface area contributed by atoms with Crippen molar-refractivity contribution in [3.8, 4) is 22.8 Å². The van der Waals surface area contributed by atoms with Crippen molar-refractivity contribution >= 4 is 11.6 Å². The number of aryl methyl sites for hydroxylation is 2. The van der Waals surface area contributed by atoms with Crippen molar-refractivity contribution < 1.29 is 4.52 Å². The van der Waals surface area contributed by atoms with E-state index in [9.17, 15) is 0 Å². The van der Waals surface area contributed by atoms with Gasteiger partial charge in [0.1, 0.15) is 5.15 Å². The maximum absolute atomic E-state index is 5.76. The lowest BCUT2D eigenvalue weighted by molar-refractivity contribution is 0.432. The number of hydrogen-bond acceptors (Lipinski definition) is 4. The molecular formula is C15H12ClN3O. The third-order valence-corrected chi connectivity index (χ3v) is 3.25. The summed E-state index contributed by atoms with van der Waals surface area (Å²) in [5.74, 6) is 1.01. The van der Waals surface area contributed by atoms with Crippen LogP contribution in [0.4, 0.5) is 0 Å². The molecule has 20 heavy (non-hydrogen) atoms. The van der Waals surface area contributed by atoms with E-state index in [0.29, 0.717) is 16.9 Å². The van der Waals surface area contributed by atoms with E-state index < -0.39 is 0 Å². The van der Waals surface area contributed by atoms with Crippen LogP contribution in [-0.2, 0) is 0 Å². The minimum atomic E-state index is 0.433. The Bertz CT molecular complexity index is 750. The van der Waals surface area contributed by atoms with Crippen molar-refractivity contribution in [2.75, 3.05) is 0 Å². The molecule has 0 amide bonds. The standard InChI is InChI=1S/C15H12ClN3O/c1-9-3-5-12(10(2)7-9)14-18-15(20-19-14)11-4-6-13(16)17-8-11/h3-8H,1-2H3. The van der Waals surface area contributed by atoms with Crippen LogP contribution >= 0.6 is 11.6 Å². The summed E-state index contributed by atoms with van der Waals surface area (Å²) in [4.78, 5) is 8.41. The van der Waals surface area contributed by atoms with Crippen LogP contribution in [0.2, 0.25) is 5.15 Å². The van der Waals surface area contributed by atoms with Gasteiger partial charge in [0, 0.05) is 11.8 Å². The first-order valence-electron chi connectivity index (χ1n) is 6.17. The molecule has 4 nitrogen and oxygen atoms in total. The SMILES string of the molecule is Cc1ccc(-c2noc(-c3ccc(Cl)nc3)n2)c(C)c1. The molecule has 0 aliphatic heterocycles. The molecule has 0 aliphatic rings. The van der Waals surface area contributed by atoms with Crippen LogP contribution in [0.5, 0.6) is 0 Å². The van der Waals surface area contributed by atoms with E-state index in [-0.39, 0.29) is 0 Å². The molecule has 2 heterocycles.